The molecule has 2 unspecified atom stereocenters. The van der Waals surface area contributed by atoms with E-state index in [2.05, 4.69) is 48.5 Å². The van der Waals surface area contributed by atoms with Gasteiger partial charge in [0, 0.05) is 25.7 Å². The highest BCUT2D eigenvalue weighted by molar-refractivity contribution is 7.47. The fourth-order valence-corrected chi connectivity index (χ4v) is 15.3. The van der Waals surface area contributed by atoms with Gasteiger partial charge in [-0.05, 0) is 43.4 Å². The first-order chi connectivity index (χ1) is 51.7. The molecule has 0 saturated carbocycles. The van der Waals surface area contributed by atoms with Gasteiger partial charge >= 0.3 is 39.5 Å². The number of unbranched alkanes of at least 4 members (excludes halogenated alkanes) is 54. The van der Waals surface area contributed by atoms with E-state index in [0.717, 1.165) is 108 Å². The van der Waals surface area contributed by atoms with Crippen LogP contribution in [0.2, 0.25) is 0 Å². The van der Waals surface area contributed by atoms with Crippen molar-refractivity contribution in [1.29, 1.82) is 0 Å². The van der Waals surface area contributed by atoms with Gasteiger partial charge in [-0.25, -0.2) is 9.13 Å². The van der Waals surface area contributed by atoms with Crippen molar-refractivity contribution in [3.8, 4) is 0 Å². The Hall–Kier alpha value is -1.94. The van der Waals surface area contributed by atoms with Gasteiger partial charge in [0.15, 0.2) is 12.2 Å². The Labute approximate surface area is 658 Å². The Kier molecular flexibility index (Phi) is 76.6. The number of phosphoric ester groups is 2. The lowest BCUT2D eigenvalue weighted by Gasteiger charge is -2.21. The maximum Gasteiger partial charge on any atom is 0.472 e. The molecule has 636 valence electrons. The summed E-state index contributed by atoms with van der Waals surface area (Å²) in [6.07, 6.45) is 69.7. The van der Waals surface area contributed by atoms with Crippen molar-refractivity contribution in [1.82, 2.24) is 0 Å². The van der Waals surface area contributed by atoms with Gasteiger partial charge in [-0.15, -0.1) is 0 Å². The summed E-state index contributed by atoms with van der Waals surface area (Å²) < 4.78 is 68.9. The summed E-state index contributed by atoms with van der Waals surface area (Å²) in [6.45, 7) is 12.0. The van der Waals surface area contributed by atoms with Gasteiger partial charge in [-0.1, -0.05) is 414 Å². The Morgan fingerprint density at radius 3 is 0.636 bits per heavy atom. The summed E-state index contributed by atoms with van der Waals surface area (Å²) in [5, 5.41) is 10.7. The van der Waals surface area contributed by atoms with Gasteiger partial charge in [0.2, 0.25) is 0 Å². The van der Waals surface area contributed by atoms with E-state index in [1.54, 1.807) is 0 Å². The third-order valence-electron chi connectivity index (χ3n) is 20.6. The summed E-state index contributed by atoms with van der Waals surface area (Å²) in [4.78, 5) is 73.2. The van der Waals surface area contributed by atoms with Crippen LogP contribution in [0, 0.1) is 17.8 Å². The molecule has 0 aliphatic carbocycles. The molecule has 0 saturated heterocycles. The normalized spacial score (nSPS) is 13.8. The van der Waals surface area contributed by atoms with Crippen molar-refractivity contribution in [2.75, 3.05) is 39.6 Å². The summed E-state index contributed by atoms with van der Waals surface area (Å²) in [5.41, 5.74) is 0. The number of esters is 4. The largest absolute Gasteiger partial charge is 0.472 e. The van der Waals surface area contributed by atoms with Gasteiger partial charge in [0.05, 0.1) is 26.4 Å². The smallest absolute Gasteiger partial charge is 0.462 e. The van der Waals surface area contributed by atoms with E-state index in [-0.39, 0.29) is 25.7 Å². The maximum atomic E-state index is 13.2. The van der Waals surface area contributed by atoms with Crippen LogP contribution in [0.3, 0.4) is 0 Å². The van der Waals surface area contributed by atoms with Crippen LogP contribution in [-0.4, -0.2) is 96.7 Å². The van der Waals surface area contributed by atoms with Crippen molar-refractivity contribution in [2.45, 2.75) is 484 Å². The second-order valence-electron chi connectivity index (χ2n) is 33.1. The SMILES string of the molecule is CCCCCCCCCCCCCCCCCCCCCC(=O)OC[C@H](COP(=O)(O)OC[C@@H](O)COP(=O)(O)OC[C@@H](COC(=O)CCCCCCCCC(C)C)OC(=O)CCCCCCCCCCCCCCCCCC(C)C)OC(=O)CCCCCCCCCCCCCCCCCCCCC(C)C. The van der Waals surface area contributed by atoms with E-state index in [1.165, 1.54) is 270 Å². The van der Waals surface area contributed by atoms with Gasteiger partial charge in [0.1, 0.15) is 19.3 Å². The highest BCUT2D eigenvalue weighted by atomic mass is 31.2. The monoisotopic (exact) mass is 1560 g/mol. The Balaban J connectivity index is 5.21. The lowest BCUT2D eigenvalue weighted by molar-refractivity contribution is -0.161. The van der Waals surface area contributed by atoms with Crippen LogP contribution >= 0.6 is 15.6 Å². The second-order valence-corrected chi connectivity index (χ2v) is 36.0. The van der Waals surface area contributed by atoms with Crippen molar-refractivity contribution in [3.05, 3.63) is 0 Å². The lowest BCUT2D eigenvalue weighted by Crippen LogP contribution is -2.30. The van der Waals surface area contributed by atoms with Crippen molar-refractivity contribution in [2.24, 2.45) is 17.8 Å². The molecule has 0 spiro atoms. The summed E-state index contributed by atoms with van der Waals surface area (Å²) in [5.74, 6) is 0.198. The maximum absolute atomic E-state index is 13.2. The molecule has 0 rings (SSSR count). The molecule has 0 amide bonds. The highest BCUT2D eigenvalue weighted by Crippen LogP contribution is 2.45. The number of carbonyl (C=O) groups excluding carboxylic acids is 4. The van der Waals surface area contributed by atoms with Crippen LogP contribution in [0.1, 0.15) is 466 Å². The molecule has 0 aromatic heterocycles. The minimum Gasteiger partial charge on any atom is -0.462 e. The Morgan fingerprint density at radius 1 is 0.252 bits per heavy atom. The third kappa shape index (κ3) is 81.9. The molecule has 3 N–H and O–H groups in total. The van der Waals surface area contributed by atoms with Gasteiger partial charge in [-0.3, -0.25) is 37.3 Å². The quantitative estimate of drug-likeness (QED) is 0.0222. The molecule has 0 aromatic carbocycles. The molecule has 0 fully saturated rings. The second kappa shape index (κ2) is 78.0. The van der Waals surface area contributed by atoms with Crippen LogP contribution in [-0.2, 0) is 65.4 Å². The molecule has 17 nitrogen and oxygen atoms in total. The standard InChI is InChI=1S/C88H172O17P2/c1-8-9-10-11-12-13-14-15-16-17-18-22-27-32-37-42-47-55-62-69-85(90)98-75-83(104-87(92)71-64-57-48-43-38-33-28-23-20-19-21-25-30-35-40-45-52-59-66-79(2)3)77-102-106(94,95)100-73-82(89)74-101-107(96,97)103-78-84(76-99-86(91)70-63-56-51-50-54-61-68-81(6)7)105-88(93)72-65-58-49-44-39-34-29-24-26-31-36-41-46-53-60-67-80(4)5/h79-84,89H,8-78H2,1-7H3,(H,94,95)(H,96,97)/t82-,83-,84-/m1/s1. The molecular weight excluding hydrogens is 1390 g/mol. The average Bonchev–Trinajstić information content (AvgIpc) is 0.916. The van der Waals surface area contributed by atoms with Crippen molar-refractivity contribution < 1.29 is 80.2 Å². The Bertz CT molecular complexity index is 2060. The average molecular weight is 1560 g/mol. The molecule has 5 atom stereocenters. The number of hydrogen-bond donors (Lipinski definition) is 3. The highest BCUT2D eigenvalue weighted by Gasteiger charge is 2.31. The molecular formula is C88H172O17P2. The van der Waals surface area contributed by atoms with E-state index in [0.29, 0.717) is 31.6 Å². The van der Waals surface area contributed by atoms with Crippen LogP contribution < -0.4 is 0 Å². The van der Waals surface area contributed by atoms with E-state index in [4.69, 9.17) is 37.0 Å². The predicted octanol–water partition coefficient (Wildman–Crippen LogP) is 26.9. The third-order valence-corrected chi connectivity index (χ3v) is 22.5. The van der Waals surface area contributed by atoms with Gasteiger partial charge < -0.3 is 33.8 Å². The number of rotatable bonds is 86. The molecule has 0 aromatic rings. The van der Waals surface area contributed by atoms with Crippen molar-refractivity contribution in [3.63, 3.8) is 0 Å². The van der Waals surface area contributed by atoms with Crippen molar-refractivity contribution >= 4 is 39.5 Å². The molecule has 0 bridgehead atoms. The molecule has 107 heavy (non-hydrogen) atoms. The Morgan fingerprint density at radius 2 is 0.430 bits per heavy atom. The van der Waals surface area contributed by atoms with E-state index in [9.17, 15) is 43.2 Å². The number of aliphatic hydroxyl groups is 1. The number of hydrogen-bond acceptors (Lipinski definition) is 15. The molecule has 0 heterocycles. The fourth-order valence-electron chi connectivity index (χ4n) is 13.7. The first kappa shape index (κ1) is 105. The number of carbonyl (C=O) groups is 4. The summed E-state index contributed by atoms with van der Waals surface area (Å²) in [7, 11) is -9.93. The topological polar surface area (TPSA) is 237 Å². The fraction of sp³-hybridized carbons (Fsp3) is 0.955. The molecule has 19 heteroatoms. The number of ether oxygens (including phenoxy) is 4. The van der Waals surface area contributed by atoms with Crippen LogP contribution in [0.4, 0.5) is 0 Å². The zero-order valence-electron chi connectivity index (χ0n) is 70.6. The number of aliphatic hydroxyl groups excluding tert-OH is 1. The first-order valence-electron chi connectivity index (χ1n) is 45.3. The zero-order chi connectivity index (χ0) is 78.6. The molecule has 0 aliphatic rings. The summed E-state index contributed by atoms with van der Waals surface area (Å²) in [6, 6.07) is 0. The first-order valence-corrected chi connectivity index (χ1v) is 48.3. The minimum absolute atomic E-state index is 0.107. The molecule has 0 aliphatic heterocycles. The number of phosphoric acid groups is 2. The molecule has 0 radical (unpaired) electrons. The summed E-state index contributed by atoms with van der Waals surface area (Å²) >= 11 is 0. The van der Waals surface area contributed by atoms with Gasteiger partial charge in [-0.2, -0.15) is 0 Å². The zero-order valence-corrected chi connectivity index (χ0v) is 72.4. The van der Waals surface area contributed by atoms with E-state index < -0.39 is 97.5 Å². The lowest BCUT2D eigenvalue weighted by atomic mass is 10.0. The van der Waals surface area contributed by atoms with Crippen LogP contribution in [0.5, 0.6) is 0 Å². The minimum atomic E-state index is -4.97. The van der Waals surface area contributed by atoms with Crippen LogP contribution in [0.15, 0.2) is 0 Å². The van der Waals surface area contributed by atoms with Gasteiger partial charge in [0.25, 0.3) is 0 Å². The van der Waals surface area contributed by atoms with E-state index >= 15 is 0 Å². The van der Waals surface area contributed by atoms with Crippen LogP contribution in [0.25, 0.3) is 0 Å². The van der Waals surface area contributed by atoms with E-state index in [1.807, 2.05) is 0 Å². The predicted molar refractivity (Wildman–Crippen MR) is 441 cm³/mol.